The van der Waals surface area contributed by atoms with Gasteiger partial charge in [-0.25, -0.2) is 4.98 Å². The lowest BCUT2D eigenvalue weighted by molar-refractivity contribution is 0.392. The van der Waals surface area contributed by atoms with Gasteiger partial charge in [0.1, 0.15) is 17.2 Å². The molecule has 0 atom stereocenters. The van der Waals surface area contributed by atoms with E-state index in [4.69, 9.17) is 4.52 Å². The molecular weight excluding hydrogens is 252 g/mol. The van der Waals surface area contributed by atoms with Gasteiger partial charge < -0.3 is 14.8 Å². The first-order chi connectivity index (χ1) is 9.74. The van der Waals surface area contributed by atoms with Gasteiger partial charge in [0.15, 0.2) is 0 Å². The largest absolute Gasteiger partial charge is 0.370 e. The zero-order chi connectivity index (χ0) is 13.9. The number of hydrogen-bond acceptors (Lipinski definition) is 4. The number of aromatic amines is 1. The maximum Gasteiger partial charge on any atom is 0.139 e. The van der Waals surface area contributed by atoms with Gasteiger partial charge in [0.2, 0.25) is 0 Å². The van der Waals surface area contributed by atoms with Crippen LogP contribution < -0.4 is 5.32 Å². The van der Waals surface area contributed by atoms with Crippen LogP contribution in [0.25, 0.3) is 11.0 Å². The Hall–Kier alpha value is -2.30. The second kappa shape index (κ2) is 5.36. The molecule has 5 heteroatoms. The first kappa shape index (κ1) is 12.7. The summed E-state index contributed by atoms with van der Waals surface area (Å²) in [4.78, 5) is 7.62. The molecule has 0 aliphatic rings. The lowest BCUT2D eigenvalue weighted by Gasteiger charge is -2.05. The molecule has 20 heavy (non-hydrogen) atoms. The van der Waals surface area contributed by atoms with Crippen LogP contribution in [0, 0.1) is 13.8 Å². The molecule has 0 fully saturated rings. The van der Waals surface area contributed by atoms with Gasteiger partial charge in [0.05, 0.1) is 5.69 Å². The molecule has 3 heterocycles. The van der Waals surface area contributed by atoms with E-state index in [0.29, 0.717) is 0 Å². The van der Waals surface area contributed by atoms with Crippen molar-refractivity contribution in [3.8, 4) is 0 Å². The lowest BCUT2D eigenvalue weighted by atomic mass is 10.1. The van der Waals surface area contributed by atoms with Gasteiger partial charge in [-0.1, -0.05) is 5.16 Å². The molecule has 0 amide bonds. The fourth-order valence-electron chi connectivity index (χ4n) is 2.37. The van der Waals surface area contributed by atoms with Gasteiger partial charge >= 0.3 is 0 Å². The summed E-state index contributed by atoms with van der Waals surface area (Å²) in [6.45, 7) is 4.83. The van der Waals surface area contributed by atoms with E-state index in [1.807, 2.05) is 32.2 Å². The smallest absolute Gasteiger partial charge is 0.139 e. The minimum absolute atomic E-state index is 0.878. The molecule has 104 valence electrons. The zero-order valence-corrected chi connectivity index (χ0v) is 11.7. The first-order valence-electron chi connectivity index (χ1n) is 6.84. The molecule has 0 saturated heterocycles. The van der Waals surface area contributed by atoms with Crippen molar-refractivity contribution in [2.45, 2.75) is 26.7 Å². The number of anilines is 1. The number of nitrogens with zero attached hydrogens (tertiary/aromatic N) is 2. The van der Waals surface area contributed by atoms with Gasteiger partial charge in [0.25, 0.3) is 0 Å². The number of hydrogen-bond donors (Lipinski definition) is 2. The Morgan fingerprint density at radius 1 is 1.25 bits per heavy atom. The highest BCUT2D eigenvalue weighted by Crippen LogP contribution is 2.15. The Kier molecular flexibility index (Phi) is 3.41. The zero-order valence-electron chi connectivity index (χ0n) is 11.7. The first-order valence-corrected chi connectivity index (χ1v) is 6.84. The highest BCUT2D eigenvalue weighted by Gasteiger charge is 2.08. The van der Waals surface area contributed by atoms with Crippen LogP contribution in [0.1, 0.15) is 23.4 Å². The Balaban J connectivity index is 1.55. The number of H-pyrrole nitrogens is 1. The van der Waals surface area contributed by atoms with Gasteiger partial charge in [-0.3, -0.25) is 0 Å². The molecule has 3 aromatic heterocycles. The number of aryl methyl sites for hydroxylation is 2. The molecule has 3 aromatic rings. The van der Waals surface area contributed by atoms with Gasteiger partial charge in [0, 0.05) is 23.7 Å². The normalized spacial score (nSPS) is 11.1. The van der Waals surface area contributed by atoms with E-state index < -0.39 is 0 Å². The van der Waals surface area contributed by atoms with E-state index in [-0.39, 0.29) is 0 Å². The van der Waals surface area contributed by atoms with Crippen molar-refractivity contribution < 1.29 is 4.52 Å². The topological polar surface area (TPSA) is 66.7 Å². The fraction of sp³-hybridized carbons (Fsp3) is 0.333. The molecule has 0 spiro atoms. The second-order valence-electron chi connectivity index (χ2n) is 4.95. The summed E-state index contributed by atoms with van der Waals surface area (Å²) in [5.41, 5.74) is 3.13. The van der Waals surface area contributed by atoms with Crippen molar-refractivity contribution in [1.82, 2.24) is 15.1 Å². The third-order valence-corrected chi connectivity index (χ3v) is 3.50. The lowest BCUT2D eigenvalue weighted by Crippen LogP contribution is -2.05. The standard InChI is InChI=1S/C15H18N4O/c1-10-13(11(2)20-19-10)4-3-8-16-14-6-5-12-7-9-17-15(12)18-14/h5-7,9H,3-4,8H2,1-2H3,(H2,16,17,18). The number of nitrogens with one attached hydrogen (secondary N) is 2. The summed E-state index contributed by atoms with van der Waals surface area (Å²) < 4.78 is 5.16. The van der Waals surface area contributed by atoms with Gasteiger partial charge in [-0.2, -0.15) is 0 Å². The second-order valence-corrected chi connectivity index (χ2v) is 4.95. The van der Waals surface area contributed by atoms with Crippen molar-refractivity contribution >= 4 is 16.9 Å². The minimum Gasteiger partial charge on any atom is -0.370 e. The van der Waals surface area contributed by atoms with Crippen LogP contribution in [-0.4, -0.2) is 21.7 Å². The van der Waals surface area contributed by atoms with Crippen LogP contribution >= 0.6 is 0 Å². The van der Waals surface area contributed by atoms with Crippen molar-refractivity contribution in [3.05, 3.63) is 41.4 Å². The maximum absolute atomic E-state index is 5.16. The highest BCUT2D eigenvalue weighted by atomic mass is 16.5. The third kappa shape index (κ3) is 2.52. The fourth-order valence-corrected chi connectivity index (χ4v) is 2.37. The summed E-state index contributed by atoms with van der Waals surface area (Å²) in [6.07, 6.45) is 3.89. The van der Waals surface area contributed by atoms with E-state index in [1.165, 1.54) is 5.56 Å². The summed E-state index contributed by atoms with van der Waals surface area (Å²) in [5, 5.41) is 8.45. The van der Waals surface area contributed by atoms with Crippen LogP contribution in [0.15, 0.2) is 28.9 Å². The van der Waals surface area contributed by atoms with E-state index in [2.05, 4.69) is 26.5 Å². The Bertz CT molecular complexity index is 694. The molecule has 5 nitrogen and oxygen atoms in total. The van der Waals surface area contributed by atoms with E-state index in [9.17, 15) is 0 Å². The quantitative estimate of drug-likeness (QED) is 0.699. The van der Waals surface area contributed by atoms with Gasteiger partial charge in [-0.15, -0.1) is 0 Å². The molecule has 2 N–H and O–H groups in total. The molecule has 0 unspecified atom stereocenters. The van der Waals surface area contributed by atoms with Crippen molar-refractivity contribution in [1.29, 1.82) is 0 Å². The summed E-state index contributed by atoms with van der Waals surface area (Å²) in [6, 6.07) is 6.09. The number of rotatable bonds is 5. The predicted molar refractivity (Wildman–Crippen MR) is 78.9 cm³/mol. The summed E-state index contributed by atoms with van der Waals surface area (Å²) in [7, 11) is 0. The van der Waals surface area contributed by atoms with Gasteiger partial charge in [-0.05, 0) is 44.9 Å². The van der Waals surface area contributed by atoms with Crippen molar-refractivity contribution in [3.63, 3.8) is 0 Å². The monoisotopic (exact) mass is 270 g/mol. The minimum atomic E-state index is 0.878. The molecule has 3 rings (SSSR count). The average Bonchev–Trinajstić information content (AvgIpc) is 3.03. The van der Waals surface area contributed by atoms with Crippen LogP contribution in [0.2, 0.25) is 0 Å². The van der Waals surface area contributed by atoms with Crippen molar-refractivity contribution in [2.24, 2.45) is 0 Å². The van der Waals surface area contributed by atoms with E-state index in [1.54, 1.807) is 0 Å². The number of fused-ring (bicyclic) bond motifs is 1. The third-order valence-electron chi connectivity index (χ3n) is 3.50. The number of pyridine rings is 1. The molecular formula is C15H18N4O. The SMILES string of the molecule is Cc1noc(C)c1CCCNc1ccc2cc[nH]c2n1. The summed E-state index contributed by atoms with van der Waals surface area (Å²) in [5.74, 6) is 1.83. The van der Waals surface area contributed by atoms with Crippen LogP contribution in [0.5, 0.6) is 0 Å². The maximum atomic E-state index is 5.16. The van der Waals surface area contributed by atoms with E-state index in [0.717, 1.165) is 47.7 Å². The molecule has 0 aromatic carbocycles. The van der Waals surface area contributed by atoms with Crippen LogP contribution in [-0.2, 0) is 6.42 Å². The van der Waals surface area contributed by atoms with Crippen LogP contribution in [0.4, 0.5) is 5.82 Å². The summed E-state index contributed by atoms with van der Waals surface area (Å²) >= 11 is 0. The van der Waals surface area contributed by atoms with E-state index >= 15 is 0 Å². The number of aromatic nitrogens is 3. The molecule has 0 aliphatic carbocycles. The predicted octanol–water partition coefficient (Wildman–Crippen LogP) is 3.21. The Morgan fingerprint density at radius 2 is 2.15 bits per heavy atom. The average molecular weight is 270 g/mol. The molecule has 0 aliphatic heterocycles. The molecule has 0 radical (unpaired) electrons. The Labute approximate surface area is 117 Å². The molecule has 0 bridgehead atoms. The Morgan fingerprint density at radius 3 is 2.95 bits per heavy atom. The highest BCUT2D eigenvalue weighted by molar-refractivity contribution is 5.77. The van der Waals surface area contributed by atoms with Crippen molar-refractivity contribution in [2.75, 3.05) is 11.9 Å². The van der Waals surface area contributed by atoms with Crippen LogP contribution in [0.3, 0.4) is 0 Å². The molecule has 0 saturated carbocycles.